The second kappa shape index (κ2) is 5.72. The number of rotatable bonds is 4. The zero-order chi connectivity index (χ0) is 13.0. The van der Waals surface area contributed by atoms with Crippen LogP contribution in [0.15, 0.2) is 42.5 Å². The molecule has 0 saturated heterocycles. The summed E-state index contributed by atoms with van der Waals surface area (Å²) >= 11 is 0. The van der Waals surface area contributed by atoms with E-state index in [0.717, 1.165) is 13.0 Å². The zero-order valence-corrected chi connectivity index (χ0v) is 11.5. The van der Waals surface area contributed by atoms with E-state index < -0.39 is 0 Å². The number of hydrogen-bond acceptors (Lipinski definition) is 1. The summed E-state index contributed by atoms with van der Waals surface area (Å²) in [7, 11) is 0. The second-order valence-electron chi connectivity index (χ2n) is 4.83. The molecule has 94 valence electrons. The maximum absolute atomic E-state index is 3.48. The van der Waals surface area contributed by atoms with Crippen LogP contribution in [0.2, 0.25) is 0 Å². The monoisotopic (exact) mass is 239 g/mol. The Kier molecular flexibility index (Phi) is 4.03. The molecule has 0 atom stereocenters. The minimum Gasteiger partial charge on any atom is -0.381 e. The standard InChI is InChI=1S/C17H21N/c1-4-15-6-5-7-17(11-15)18-12-16-9-8-13(2)14(3)10-16/h5-11,18H,4,12H2,1-3H3. The number of nitrogens with one attached hydrogen (secondary N) is 1. The lowest BCUT2D eigenvalue weighted by Crippen LogP contribution is -2.00. The summed E-state index contributed by atoms with van der Waals surface area (Å²) in [4.78, 5) is 0. The molecule has 0 bridgehead atoms. The molecule has 0 aliphatic carbocycles. The van der Waals surface area contributed by atoms with E-state index in [1.54, 1.807) is 0 Å². The quantitative estimate of drug-likeness (QED) is 0.829. The third-order valence-corrected chi connectivity index (χ3v) is 3.40. The average molecular weight is 239 g/mol. The van der Waals surface area contributed by atoms with Gasteiger partial charge in [-0.15, -0.1) is 0 Å². The maximum atomic E-state index is 3.48. The molecule has 1 N–H and O–H groups in total. The molecule has 0 fully saturated rings. The summed E-state index contributed by atoms with van der Waals surface area (Å²) in [5.41, 5.74) is 6.62. The van der Waals surface area contributed by atoms with Crippen LogP contribution in [-0.4, -0.2) is 0 Å². The Bertz CT molecular complexity index is 529. The van der Waals surface area contributed by atoms with Gasteiger partial charge in [0.1, 0.15) is 0 Å². The van der Waals surface area contributed by atoms with E-state index in [-0.39, 0.29) is 0 Å². The van der Waals surface area contributed by atoms with Crippen LogP contribution in [0.3, 0.4) is 0 Å². The van der Waals surface area contributed by atoms with Gasteiger partial charge in [-0.2, -0.15) is 0 Å². The van der Waals surface area contributed by atoms with Crippen LogP contribution in [0.5, 0.6) is 0 Å². The van der Waals surface area contributed by atoms with Crippen molar-refractivity contribution in [2.24, 2.45) is 0 Å². The van der Waals surface area contributed by atoms with Crippen molar-refractivity contribution in [2.45, 2.75) is 33.7 Å². The van der Waals surface area contributed by atoms with E-state index in [9.17, 15) is 0 Å². The van der Waals surface area contributed by atoms with Crippen molar-refractivity contribution in [3.63, 3.8) is 0 Å². The lowest BCUT2D eigenvalue weighted by Gasteiger charge is -2.09. The molecule has 0 aliphatic rings. The molecule has 0 spiro atoms. The van der Waals surface area contributed by atoms with Gasteiger partial charge >= 0.3 is 0 Å². The Balaban J connectivity index is 2.04. The van der Waals surface area contributed by atoms with Crippen LogP contribution in [0.1, 0.15) is 29.2 Å². The van der Waals surface area contributed by atoms with E-state index >= 15 is 0 Å². The fourth-order valence-electron chi connectivity index (χ4n) is 2.02. The molecular weight excluding hydrogens is 218 g/mol. The summed E-state index contributed by atoms with van der Waals surface area (Å²) in [6.07, 6.45) is 1.08. The van der Waals surface area contributed by atoms with E-state index in [4.69, 9.17) is 0 Å². The van der Waals surface area contributed by atoms with Crippen LogP contribution in [0, 0.1) is 13.8 Å². The van der Waals surface area contributed by atoms with Gasteiger partial charge in [-0.25, -0.2) is 0 Å². The highest BCUT2D eigenvalue weighted by Gasteiger charge is 1.98. The van der Waals surface area contributed by atoms with E-state index in [2.05, 4.69) is 68.6 Å². The van der Waals surface area contributed by atoms with Gasteiger partial charge < -0.3 is 5.32 Å². The highest BCUT2D eigenvalue weighted by molar-refractivity contribution is 5.46. The molecule has 0 heterocycles. The van der Waals surface area contributed by atoms with Crippen LogP contribution >= 0.6 is 0 Å². The third-order valence-electron chi connectivity index (χ3n) is 3.40. The lowest BCUT2D eigenvalue weighted by molar-refractivity contribution is 1.11. The summed E-state index contributed by atoms with van der Waals surface area (Å²) in [5.74, 6) is 0. The van der Waals surface area contributed by atoms with Gasteiger partial charge in [0.15, 0.2) is 0 Å². The van der Waals surface area contributed by atoms with Crippen molar-refractivity contribution in [2.75, 3.05) is 5.32 Å². The molecule has 18 heavy (non-hydrogen) atoms. The lowest BCUT2D eigenvalue weighted by atomic mass is 10.1. The van der Waals surface area contributed by atoms with Crippen molar-refractivity contribution in [1.29, 1.82) is 0 Å². The Hall–Kier alpha value is -1.76. The smallest absolute Gasteiger partial charge is 0.0400 e. The Morgan fingerprint density at radius 1 is 0.889 bits per heavy atom. The first-order chi connectivity index (χ1) is 8.69. The van der Waals surface area contributed by atoms with Crippen LogP contribution in [0.4, 0.5) is 5.69 Å². The molecule has 2 rings (SSSR count). The van der Waals surface area contributed by atoms with Gasteiger partial charge in [-0.05, 0) is 54.7 Å². The summed E-state index contributed by atoms with van der Waals surface area (Å²) in [6, 6.07) is 15.3. The van der Waals surface area contributed by atoms with Crippen molar-refractivity contribution in [3.05, 3.63) is 64.7 Å². The first-order valence-electron chi connectivity index (χ1n) is 6.58. The number of aryl methyl sites for hydroxylation is 3. The summed E-state index contributed by atoms with van der Waals surface area (Å²) in [5, 5.41) is 3.48. The fourth-order valence-corrected chi connectivity index (χ4v) is 2.02. The largest absolute Gasteiger partial charge is 0.381 e. The van der Waals surface area contributed by atoms with E-state index in [0.29, 0.717) is 0 Å². The molecule has 0 aromatic heterocycles. The minimum atomic E-state index is 0.883. The number of benzene rings is 2. The zero-order valence-electron chi connectivity index (χ0n) is 11.5. The van der Waals surface area contributed by atoms with Crippen molar-refractivity contribution in [3.8, 4) is 0 Å². The molecule has 0 amide bonds. The average Bonchev–Trinajstić information content (AvgIpc) is 2.40. The highest BCUT2D eigenvalue weighted by Crippen LogP contribution is 2.14. The molecule has 0 saturated carbocycles. The predicted octanol–water partition coefficient (Wildman–Crippen LogP) is 4.48. The van der Waals surface area contributed by atoms with Crippen molar-refractivity contribution in [1.82, 2.24) is 0 Å². The molecule has 1 nitrogen and oxygen atoms in total. The van der Waals surface area contributed by atoms with Gasteiger partial charge in [0.05, 0.1) is 0 Å². The normalized spacial score (nSPS) is 10.4. The molecule has 0 unspecified atom stereocenters. The van der Waals surface area contributed by atoms with Crippen LogP contribution < -0.4 is 5.32 Å². The van der Waals surface area contributed by atoms with Gasteiger partial charge in [0.25, 0.3) is 0 Å². The fraction of sp³-hybridized carbons (Fsp3) is 0.294. The maximum Gasteiger partial charge on any atom is 0.0400 e. The molecule has 1 heteroatoms. The van der Waals surface area contributed by atoms with Gasteiger partial charge in [-0.3, -0.25) is 0 Å². The molecular formula is C17H21N. The first-order valence-corrected chi connectivity index (χ1v) is 6.58. The van der Waals surface area contributed by atoms with Crippen molar-refractivity contribution >= 4 is 5.69 Å². The van der Waals surface area contributed by atoms with Crippen LogP contribution in [-0.2, 0) is 13.0 Å². The molecule has 0 aliphatic heterocycles. The van der Waals surface area contributed by atoms with E-state index in [1.807, 2.05) is 0 Å². The van der Waals surface area contributed by atoms with Gasteiger partial charge in [-0.1, -0.05) is 37.3 Å². The topological polar surface area (TPSA) is 12.0 Å². The Labute approximate surface area is 110 Å². The number of anilines is 1. The third kappa shape index (κ3) is 3.13. The second-order valence-corrected chi connectivity index (χ2v) is 4.83. The van der Waals surface area contributed by atoms with Gasteiger partial charge in [0.2, 0.25) is 0 Å². The first kappa shape index (κ1) is 12.7. The highest BCUT2D eigenvalue weighted by atomic mass is 14.9. The van der Waals surface area contributed by atoms with E-state index in [1.165, 1.54) is 27.9 Å². The number of hydrogen-bond donors (Lipinski definition) is 1. The SMILES string of the molecule is CCc1cccc(NCc2ccc(C)c(C)c2)c1. The van der Waals surface area contributed by atoms with Gasteiger partial charge in [0, 0.05) is 12.2 Å². The predicted molar refractivity (Wildman–Crippen MR) is 79.1 cm³/mol. The van der Waals surface area contributed by atoms with Crippen LogP contribution in [0.25, 0.3) is 0 Å². The Morgan fingerprint density at radius 3 is 2.44 bits per heavy atom. The molecule has 0 radical (unpaired) electrons. The van der Waals surface area contributed by atoms with Crippen molar-refractivity contribution < 1.29 is 0 Å². The minimum absolute atomic E-state index is 0.883. The molecule has 2 aromatic rings. The summed E-state index contributed by atoms with van der Waals surface area (Å²) in [6.45, 7) is 7.38. The summed E-state index contributed by atoms with van der Waals surface area (Å²) < 4.78 is 0. The molecule has 2 aromatic carbocycles. The Morgan fingerprint density at radius 2 is 1.72 bits per heavy atom.